The summed E-state index contributed by atoms with van der Waals surface area (Å²) >= 11 is 0. The summed E-state index contributed by atoms with van der Waals surface area (Å²) in [6.45, 7) is 1.56. The summed E-state index contributed by atoms with van der Waals surface area (Å²) in [4.78, 5) is 22.2. The van der Waals surface area contributed by atoms with Crippen molar-refractivity contribution in [2.24, 2.45) is 0 Å². The fourth-order valence-electron chi connectivity index (χ4n) is 1.89. The average Bonchev–Trinajstić information content (AvgIpc) is 3.21. The van der Waals surface area contributed by atoms with Crippen LogP contribution >= 0.6 is 0 Å². The predicted octanol–water partition coefficient (Wildman–Crippen LogP) is 4.24. The minimum Gasteiger partial charge on any atom is -0.644 e. The molecule has 0 bridgehead atoms. The Bertz CT molecular complexity index is 680. The molecule has 0 radical (unpaired) electrons. The molecule has 0 aliphatic rings. The number of hydrogen-bond donors (Lipinski definition) is 0. The van der Waals surface area contributed by atoms with Crippen LogP contribution in [0.1, 0.15) is 33.2 Å². The van der Waals surface area contributed by atoms with Gasteiger partial charge in [-0.1, -0.05) is 23.8 Å². The molecule has 0 aromatic heterocycles. The van der Waals surface area contributed by atoms with Crippen molar-refractivity contribution in [3.63, 3.8) is 0 Å². The van der Waals surface area contributed by atoms with Crippen molar-refractivity contribution in [2.75, 3.05) is 0 Å². The molecule has 3 aromatic carbocycles. The molecule has 3 heteroatoms. The van der Waals surface area contributed by atoms with Gasteiger partial charge in [-0.05, 0) is 6.92 Å². The van der Waals surface area contributed by atoms with E-state index in [4.69, 9.17) is 0 Å². The van der Waals surface area contributed by atoms with Gasteiger partial charge in [0.15, 0.2) is 0 Å². The average molecular weight is 332 g/mol. The minimum absolute atomic E-state index is 0. The van der Waals surface area contributed by atoms with Gasteiger partial charge < -0.3 is 50.8 Å². The Morgan fingerprint density at radius 1 is 0.909 bits per heavy atom. The van der Waals surface area contributed by atoms with Crippen molar-refractivity contribution in [2.45, 2.75) is 6.92 Å². The summed E-state index contributed by atoms with van der Waals surface area (Å²) in [7, 11) is 0. The van der Waals surface area contributed by atoms with Crippen LogP contribution in [0.3, 0.4) is 0 Å². The topological polar surface area (TPSA) is 34.1 Å². The maximum Gasteiger partial charge on any atom is 0.105 e. The summed E-state index contributed by atoms with van der Waals surface area (Å²) in [5.74, 6) is 0.223. The van der Waals surface area contributed by atoms with E-state index in [9.17, 15) is 9.59 Å². The maximum atomic E-state index is 11.7. The molecule has 0 N–H and O–H groups in total. The van der Waals surface area contributed by atoms with E-state index in [1.165, 1.54) is 0 Å². The second-order valence-corrected chi connectivity index (χ2v) is 4.60. The van der Waals surface area contributed by atoms with Crippen molar-refractivity contribution < 1.29 is 26.7 Å². The fourth-order valence-corrected chi connectivity index (χ4v) is 1.89. The third-order valence-electron chi connectivity index (χ3n) is 3.03. The number of benzene rings is 1. The largest absolute Gasteiger partial charge is 0.644 e. The van der Waals surface area contributed by atoms with E-state index in [0.717, 1.165) is 16.7 Å². The molecule has 0 aliphatic heterocycles. The first-order valence-electron chi connectivity index (χ1n) is 6.72. The molecule has 3 rings (SSSR count). The molecule has 22 heavy (non-hydrogen) atoms. The molecular weight excluding hydrogens is 316 g/mol. The van der Waals surface area contributed by atoms with Crippen molar-refractivity contribution in [1.82, 2.24) is 0 Å². The summed E-state index contributed by atoms with van der Waals surface area (Å²) < 4.78 is 0. The first-order chi connectivity index (χ1) is 10.2. The van der Waals surface area contributed by atoms with Gasteiger partial charge in [-0.25, -0.2) is 12.1 Å². The molecular formula is C19H16FeO2-6. The number of Topliss-reactive ketones (excluding diaryl/α,β-unsaturated/α-hetero) is 1. The van der Waals surface area contributed by atoms with Crippen molar-refractivity contribution >= 4 is 11.6 Å². The van der Waals surface area contributed by atoms with E-state index in [1.54, 1.807) is 6.92 Å². The Kier molecular flexibility index (Phi) is 7.24. The molecule has 0 unspecified atom stereocenters. The van der Waals surface area contributed by atoms with Crippen LogP contribution in [-0.2, 0) is 17.1 Å². The zero-order chi connectivity index (χ0) is 15.1. The van der Waals surface area contributed by atoms with E-state index < -0.39 is 0 Å². The quantitative estimate of drug-likeness (QED) is 0.408. The summed E-state index contributed by atoms with van der Waals surface area (Å²) in [6, 6.07) is 24.0. The van der Waals surface area contributed by atoms with E-state index in [2.05, 4.69) is 0 Å². The predicted molar refractivity (Wildman–Crippen MR) is 83.9 cm³/mol. The zero-order valence-electron chi connectivity index (χ0n) is 12.2. The smallest absolute Gasteiger partial charge is 0.105 e. The number of rotatable bonds is 3. The van der Waals surface area contributed by atoms with Crippen molar-refractivity contribution in [3.8, 4) is 0 Å². The summed E-state index contributed by atoms with van der Waals surface area (Å²) in [6.07, 6.45) is 0. The van der Waals surface area contributed by atoms with Crippen LogP contribution in [0.5, 0.6) is 0 Å². The van der Waals surface area contributed by atoms with Gasteiger partial charge in [0.25, 0.3) is 0 Å². The summed E-state index contributed by atoms with van der Waals surface area (Å²) in [5, 5.41) is 0. The molecule has 0 spiro atoms. The Morgan fingerprint density at radius 2 is 1.45 bits per heavy atom. The molecule has 2 nitrogen and oxygen atoms in total. The second-order valence-electron chi connectivity index (χ2n) is 4.60. The minimum atomic E-state index is 0. The van der Waals surface area contributed by atoms with Crippen LogP contribution in [0.15, 0.2) is 78.9 Å². The fraction of sp³-hybridized carbons (Fsp3) is 0.0526. The molecule has 0 amide bonds. The molecule has 0 aliphatic carbocycles. The first kappa shape index (κ1) is 17.8. The van der Waals surface area contributed by atoms with Gasteiger partial charge in [-0.15, -0.1) is 0 Å². The zero-order valence-corrected chi connectivity index (χ0v) is 13.3. The Labute approximate surface area is 141 Å². The third kappa shape index (κ3) is 4.96. The number of ketones is 2. The van der Waals surface area contributed by atoms with Gasteiger partial charge >= 0.3 is 0 Å². The Morgan fingerprint density at radius 3 is 1.91 bits per heavy atom. The molecule has 118 valence electrons. The van der Waals surface area contributed by atoms with E-state index in [0.29, 0.717) is 0 Å². The van der Waals surface area contributed by atoms with Crippen LogP contribution < -0.4 is 0 Å². The van der Waals surface area contributed by atoms with Gasteiger partial charge in [-0.3, -0.25) is 0 Å². The molecule has 0 atom stereocenters. The van der Waals surface area contributed by atoms with E-state index >= 15 is 0 Å². The van der Waals surface area contributed by atoms with Crippen LogP contribution in [0.25, 0.3) is 0 Å². The van der Waals surface area contributed by atoms with Gasteiger partial charge in [0.05, 0.1) is 0 Å². The number of carbonyl (C=O) groups is 2. The van der Waals surface area contributed by atoms with Crippen LogP contribution in [0.2, 0.25) is 0 Å². The van der Waals surface area contributed by atoms with Gasteiger partial charge in [-0.2, -0.15) is 24.3 Å². The molecule has 0 heterocycles. The van der Waals surface area contributed by atoms with Gasteiger partial charge in [0.1, 0.15) is 5.78 Å². The SMILES string of the molecule is CC(=O)[c-]1cccc1.O=C(c1ccccc1)[c-]1[cH-][cH-][cH-][cH-]1.[Fe]. The molecule has 3 aromatic rings. The molecule has 0 saturated heterocycles. The van der Waals surface area contributed by atoms with E-state index in [1.807, 2.05) is 78.9 Å². The monoisotopic (exact) mass is 332 g/mol. The van der Waals surface area contributed by atoms with E-state index in [-0.39, 0.29) is 28.6 Å². The van der Waals surface area contributed by atoms with Crippen molar-refractivity contribution in [3.05, 3.63) is 95.6 Å². The first-order valence-corrected chi connectivity index (χ1v) is 6.72. The number of hydrogen-bond acceptors (Lipinski definition) is 2. The second kappa shape index (κ2) is 8.93. The third-order valence-corrected chi connectivity index (χ3v) is 3.03. The van der Waals surface area contributed by atoms with Gasteiger partial charge in [0.2, 0.25) is 0 Å². The maximum absolute atomic E-state index is 11.7. The molecule has 0 fully saturated rings. The Hall–Kier alpha value is -2.22. The normalized spacial score (nSPS) is 9.14. The van der Waals surface area contributed by atoms with Crippen LogP contribution in [0.4, 0.5) is 0 Å². The molecule has 0 saturated carbocycles. The summed E-state index contributed by atoms with van der Waals surface area (Å²) in [5.41, 5.74) is 2.30. The standard InChI is InChI=1S/C12H9O.C7H7O.Fe/c13-12(11-8-4-5-9-11)10-6-2-1-3-7-10;1-6(8)7-4-2-3-5-7;/h1-9H;2-5H,1H3;/q-5;-1;. The Balaban J connectivity index is 0.000000234. The van der Waals surface area contributed by atoms with Gasteiger partial charge in [0, 0.05) is 17.1 Å². The number of carbonyl (C=O) groups excluding carboxylic acids is 2. The van der Waals surface area contributed by atoms with Crippen LogP contribution in [0, 0.1) is 0 Å². The van der Waals surface area contributed by atoms with Crippen molar-refractivity contribution in [1.29, 1.82) is 0 Å². The van der Waals surface area contributed by atoms with Crippen LogP contribution in [-0.4, -0.2) is 11.6 Å².